The van der Waals surface area contributed by atoms with Gasteiger partial charge in [-0.1, -0.05) is 99.2 Å². The number of hydrogen-bond donors (Lipinski definition) is 2. The molecular weight excluding hydrogens is 626 g/mol. The molecule has 0 aromatic heterocycles. The molecule has 0 amide bonds. The second-order valence-corrected chi connectivity index (χ2v) is 11.8. The van der Waals surface area contributed by atoms with Gasteiger partial charge in [0.05, 0.1) is 30.4 Å². The standard InChI is InChI=1S/C12H20O5.C10H14.C7H14O2.C5H9N.C5H10O2/c1-5-9(4)12(15)17-7-10(13)6-16-11(14)8(2)3;1-3-9(2)10-7-5-4-6-8-10;1-4-6(3)7(8)9-5-2;1-3-5(2)4-6;1-3-4(2)5(6)7/h9-10,13H,2,5-7H2,1,3-4H3;4-9H,3H2,1-2H3;6H,4-5H2,1-3H3;5H,3H2,1-2H3;4H,3H2,1-2H3,(H,6,7). The smallest absolute Gasteiger partial charge is 0.333 e. The van der Waals surface area contributed by atoms with Crippen molar-refractivity contribution in [3.05, 3.63) is 48.0 Å². The minimum absolute atomic E-state index is 0.0601. The van der Waals surface area contributed by atoms with Crippen LogP contribution in [0.5, 0.6) is 0 Å². The number of rotatable bonds is 15. The largest absolute Gasteiger partial charge is 0.481 e. The number of aliphatic carboxylic acids is 1. The van der Waals surface area contributed by atoms with Crippen LogP contribution in [0.25, 0.3) is 0 Å². The summed E-state index contributed by atoms with van der Waals surface area (Å²) in [4.78, 5) is 43.0. The molecule has 1 rings (SSSR count). The third-order valence-electron chi connectivity index (χ3n) is 7.34. The highest BCUT2D eigenvalue weighted by Crippen LogP contribution is 2.16. The summed E-state index contributed by atoms with van der Waals surface area (Å²) in [7, 11) is 0. The van der Waals surface area contributed by atoms with Gasteiger partial charge in [0.2, 0.25) is 0 Å². The highest BCUT2D eigenvalue weighted by Gasteiger charge is 2.16. The molecule has 49 heavy (non-hydrogen) atoms. The van der Waals surface area contributed by atoms with Crippen molar-refractivity contribution >= 4 is 23.9 Å². The molecule has 6 unspecified atom stereocenters. The average molecular weight is 694 g/mol. The maximum Gasteiger partial charge on any atom is 0.333 e. The zero-order valence-corrected chi connectivity index (χ0v) is 32.4. The average Bonchev–Trinajstić information content (AvgIpc) is 3.12. The van der Waals surface area contributed by atoms with E-state index in [1.807, 2.05) is 48.5 Å². The number of carboxylic acids is 1. The van der Waals surface area contributed by atoms with Gasteiger partial charge in [0, 0.05) is 11.5 Å². The van der Waals surface area contributed by atoms with Crippen LogP contribution in [0.4, 0.5) is 0 Å². The van der Waals surface area contributed by atoms with Crippen molar-refractivity contribution < 1.29 is 43.6 Å². The second kappa shape index (κ2) is 34.2. The summed E-state index contributed by atoms with van der Waals surface area (Å²) in [6.07, 6.45) is 3.44. The molecular formula is C39H67NO9. The number of esters is 3. The molecule has 10 heteroatoms. The maximum absolute atomic E-state index is 11.3. The third-order valence-corrected chi connectivity index (χ3v) is 7.34. The predicted octanol–water partition coefficient (Wildman–Crippen LogP) is 8.52. The maximum atomic E-state index is 11.3. The predicted molar refractivity (Wildman–Crippen MR) is 196 cm³/mol. The molecule has 0 spiro atoms. The number of carboxylic acid groups (broad SMARTS) is 1. The first kappa shape index (κ1) is 52.1. The van der Waals surface area contributed by atoms with Crippen LogP contribution in [-0.2, 0) is 33.4 Å². The van der Waals surface area contributed by atoms with E-state index in [4.69, 9.17) is 24.6 Å². The van der Waals surface area contributed by atoms with Gasteiger partial charge in [-0.05, 0) is 64.4 Å². The van der Waals surface area contributed by atoms with Gasteiger partial charge in [-0.25, -0.2) is 4.79 Å². The van der Waals surface area contributed by atoms with Gasteiger partial charge in [-0.2, -0.15) is 5.26 Å². The van der Waals surface area contributed by atoms with E-state index in [1.165, 1.54) is 18.9 Å². The summed E-state index contributed by atoms with van der Waals surface area (Å²) in [5.74, 6) is -1.09. The Balaban J connectivity index is -0.000000273. The Kier molecular flexibility index (Phi) is 36.3. The lowest BCUT2D eigenvalue weighted by molar-refractivity contribution is -0.154. The van der Waals surface area contributed by atoms with Gasteiger partial charge in [-0.3, -0.25) is 14.4 Å². The Labute approximate surface area is 297 Å². The van der Waals surface area contributed by atoms with Crippen molar-refractivity contribution in [2.24, 2.45) is 23.7 Å². The first-order valence-corrected chi connectivity index (χ1v) is 17.4. The number of nitriles is 1. The van der Waals surface area contributed by atoms with Crippen molar-refractivity contribution in [3.8, 4) is 6.07 Å². The monoisotopic (exact) mass is 693 g/mol. The highest BCUT2D eigenvalue weighted by molar-refractivity contribution is 5.86. The van der Waals surface area contributed by atoms with Crippen LogP contribution in [0.1, 0.15) is 127 Å². The quantitative estimate of drug-likeness (QED) is 0.103. The zero-order chi connectivity index (χ0) is 38.9. The molecule has 0 saturated heterocycles. The highest BCUT2D eigenvalue weighted by atomic mass is 16.6. The van der Waals surface area contributed by atoms with Crippen molar-refractivity contribution in [3.63, 3.8) is 0 Å². The van der Waals surface area contributed by atoms with Crippen LogP contribution >= 0.6 is 0 Å². The van der Waals surface area contributed by atoms with Gasteiger partial charge in [0.1, 0.15) is 19.3 Å². The molecule has 0 heterocycles. The number of hydrogen-bond acceptors (Lipinski definition) is 9. The van der Waals surface area contributed by atoms with Crippen molar-refractivity contribution in [2.45, 2.75) is 127 Å². The van der Waals surface area contributed by atoms with Gasteiger partial charge in [-0.15, -0.1) is 0 Å². The zero-order valence-electron chi connectivity index (χ0n) is 32.4. The summed E-state index contributed by atoms with van der Waals surface area (Å²) in [6, 6.07) is 12.8. The molecule has 2 N–H and O–H groups in total. The minimum Gasteiger partial charge on any atom is -0.481 e. The van der Waals surface area contributed by atoms with Gasteiger partial charge in [0.15, 0.2) is 0 Å². The normalized spacial score (nSPS) is 13.2. The minimum atomic E-state index is -1.01. The molecule has 10 nitrogen and oxygen atoms in total. The lowest BCUT2D eigenvalue weighted by Gasteiger charge is -2.13. The molecule has 0 aliphatic carbocycles. The number of aliphatic hydroxyl groups is 1. The van der Waals surface area contributed by atoms with Gasteiger partial charge < -0.3 is 24.4 Å². The van der Waals surface area contributed by atoms with E-state index in [2.05, 4.69) is 56.8 Å². The molecule has 0 fully saturated rings. The molecule has 0 radical (unpaired) electrons. The molecule has 0 bridgehead atoms. The number of carbonyl (C=O) groups is 4. The lowest BCUT2D eigenvalue weighted by atomic mass is 9.99. The summed E-state index contributed by atoms with van der Waals surface area (Å²) in [6.45, 7) is 26.3. The number of carbonyl (C=O) groups excluding carboxylic acids is 3. The van der Waals surface area contributed by atoms with E-state index in [1.54, 1.807) is 13.8 Å². The fourth-order valence-electron chi connectivity index (χ4n) is 2.56. The number of nitrogens with zero attached hydrogens (tertiary/aromatic N) is 1. The first-order valence-electron chi connectivity index (χ1n) is 17.4. The number of benzene rings is 1. The molecule has 0 aliphatic heterocycles. The van der Waals surface area contributed by atoms with Crippen LogP contribution in [0.2, 0.25) is 0 Å². The van der Waals surface area contributed by atoms with E-state index < -0.39 is 18.0 Å². The third kappa shape index (κ3) is 32.6. The summed E-state index contributed by atoms with van der Waals surface area (Å²) in [5.41, 5.74) is 1.71. The Morgan fingerprint density at radius 3 is 1.49 bits per heavy atom. The van der Waals surface area contributed by atoms with E-state index in [0.717, 1.165) is 19.3 Å². The first-order chi connectivity index (χ1) is 22.9. The second-order valence-electron chi connectivity index (χ2n) is 11.8. The van der Waals surface area contributed by atoms with E-state index in [9.17, 15) is 24.3 Å². The van der Waals surface area contributed by atoms with Crippen molar-refractivity contribution in [1.82, 2.24) is 0 Å². The van der Waals surface area contributed by atoms with Gasteiger partial charge >= 0.3 is 23.9 Å². The molecule has 1 aromatic carbocycles. The summed E-state index contributed by atoms with van der Waals surface area (Å²) < 4.78 is 14.3. The van der Waals surface area contributed by atoms with Crippen molar-refractivity contribution in [2.75, 3.05) is 19.8 Å². The topological polar surface area (TPSA) is 160 Å². The van der Waals surface area contributed by atoms with Crippen LogP contribution in [-0.4, -0.2) is 60.0 Å². The fraction of sp³-hybridized carbons (Fsp3) is 0.667. The van der Waals surface area contributed by atoms with E-state index >= 15 is 0 Å². The Bertz CT molecular complexity index is 1050. The fourth-order valence-corrected chi connectivity index (χ4v) is 2.56. The van der Waals surface area contributed by atoms with Crippen LogP contribution in [0.3, 0.4) is 0 Å². The Hall–Kier alpha value is -3.71. The van der Waals surface area contributed by atoms with E-state index in [-0.39, 0.29) is 54.4 Å². The Morgan fingerprint density at radius 1 is 0.735 bits per heavy atom. The number of aliphatic hydroxyl groups excluding tert-OH is 1. The van der Waals surface area contributed by atoms with E-state index in [0.29, 0.717) is 18.9 Å². The molecule has 6 atom stereocenters. The van der Waals surface area contributed by atoms with Crippen LogP contribution in [0.15, 0.2) is 42.5 Å². The SMILES string of the molecule is C=C(C)C(=O)OCC(O)COC(=O)C(C)CC.CCC(C)C#N.CCC(C)C(=O)O.CCC(C)c1ccccc1.CCOC(=O)C(C)CC. The molecule has 1 aromatic rings. The van der Waals surface area contributed by atoms with Crippen molar-refractivity contribution in [1.29, 1.82) is 5.26 Å². The molecule has 0 saturated carbocycles. The number of ether oxygens (including phenoxy) is 3. The summed E-state index contributed by atoms with van der Waals surface area (Å²) in [5, 5.41) is 25.7. The lowest BCUT2D eigenvalue weighted by Crippen LogP contribution is -2.27. The van der Waals surface area contributed by atoms with Crippen LogP contribution in [0, 0.1) is 35.0 Å². The molecule has 0 aliphatic rings. The molecule has 282 valence electrons. The Morgan fingerprint density at radius 2 is 1.18 bits per heavy atom. The van der Waals surface area contributed by atoms with Gasteiger partial charge in [0.25, 0.3) is 0 Å². The summed E-state index contributed by atoms with van der Waals surface area (Å²) >= 11 is 0. The van der Waals surface area contributed by atoms with Crippen LogP contribution < -0.4 is 0 Å².